The Bertz CT molecular complexity index is 1320. The summed E-state index contributed by atoms with van der Waals surface area (Å²) in [5.74, 6) is 1.09. The average molecular weight is 575 g/mol. The zero-order valence-corrected chi connectivity index (χ0v) is 23.5. The average Bonchev–Trinajstić information content (AvgIpc) is 3.54. The lowest BCUT2D eigenvalue weighted by Gasteiger charge is -2.12. The van der Waals surface area contributed by atoms with Crippen LogP contribution in [0.25, 0.3) is 0 Å². The summed E-state index contributed by atoms with van der Waals surface area (Å²) in [6.07, 6.45) is 6.36. The summed E-state index contributed by atoms with van der Waals surface area (Å²) in [6.45, 7) is 4.82. The Balaban J connectivity index is 1.31. The number of hydrogen-bond donors (Lipinski definition) is 5. The number of hydrogen-bond acceptors (Lipinski definition) is 11. The van der Waals surface area contributed by atoms with Crippen LogP contribution in [0.5, 0.6) is 0 Å². The number of carbonyl (C=O) groups is 1. The molecule has 0 unspecified atom stereocenters. The highest BCUT2D eigenvalue weighted by Crippen LogP contribution is 2.17. The third-order valence-corrected chi connectivity index (χ3v) is 5.93. The summed E-state index contributed by atoms with van der Waals surface area (Å²) in [7, 11) is 0. The number of amides is 1. The molecular weight excluding hydrogens is 536 g/mol. The van der Waals surface area contributed by atoms with Gasteiger partial charge in [-0.05, 0) is 36.2 Å². The molecule has 0 spiro atoms. The summed E-state index contributed by atoms with van der Waals surface area (Å²) in [5.41, 5.74) is 7.75. The van der Waals surface area contributed by atoms with E-state index < -0.39 is 0 Å². The maximum Gasteiger partial charge on any atom is 0.251 e. The maximum absolute atomic E-state index is 12.5. The van der Waals surface area contributed by atoms with Crippen LogP contribution in [-0.4, -0.2) is 76.5 Å². The summed E-state index contributed by atoms with van der Waals surface area (Å²) >= 11 is 0. The number of nitrogens with two attached hydrogens (primary N) is 1. The van der Waals surface area contributed by atoms with E-state index in [0.29, 0.717) is 76.0 Å². The first-order valence-electron chi connectivity index (χ1n) is 13.9. The molecule has 13 nitrogen and oxygen atoms in total. The lowest BCUT2D eigenvalue weighted by molar-refractivity contribution is 0.0511. The highest BCUT2D eigenvalue weighted by atomic mass is 16.5. The van der Waals surface area contributed by atoms with Crippen LogP contribution in [0, 0.1) is 0 Å². The SMILES string of the molecule is NCCOCCOCCNC(=O)c1ccc(Nc2nc(NCCCn3ccnc3)nc(NCc3ccccc3)n2)cc1. The number of aromatic nitrogens is 5. The first-order chi connectivity index (χ1) is 20.7. The Morgan fingerprint density at radius 1 is 0.833 bits per heavy atom. The van der Waals surface area contributed by atoms with Crippen LogP contribution in [0.4, 0.5) is 23.5 Å². The smallest absolute Gasteiger partial charge is 0.251 e. The van der Waals surface area contributed by atoms with Crippen LogP contribution in [0.3, 0.4) is 0 Å². The predicted molar refractivity (Wildman–Crippen MR) is 162 cm³/mol. The molecular formula is C29H38N10O3. The molecule has 0 aliphatic heterocycles. The molecule has 0 fully saturated rings. The van der Waals surface area contributed by atoms with E-state index in [9.17, 15) is 4.79 Å². The molecule has 6 N–H and O–H groups in total. The van der Waals surface area contributed by atoms with Crippen molar-refractivity contribution in [2.24, 2.45) is 5.73 Å². The monoisotopic (exact) mass is 574 g/mol. The molecule has 0 saturated carbocycles. The lowest BCUT2D eigenvalue weighted by atomic mass is 10.2. The van der Waals surface area contributed by atoms with Crippen molar-refractivity contribution in [1.29, 1.82) is 0 Å². The number of nitrogens with one attached hydrogen (secondary N) is 4. The van der Waals surface area contributed by atoms with Crippen molar-refractivity contribution in [2.45, 2.75) is 19.5 Å². The molecule has 2 aromatic carbocycles. The molecule has 0 saturated heterocycles. The van der Waals surface area contributed by atoms with E-state index in [-0.39, 0.29) is 5.91 Å². The molecule has 42 heavy (non-hydrogen) atoms. The van der Waals surface area contributed by atoms with Crippen molar-refractivity contribution in [3.05, 3.63) is 84.4 Å². The van der Waals surface area contributed by atoms with Gasteiger partial charge in [-0.25, -0.2) is 4.98 Å². The molecule has 13 heteroatoms. The number of anilines is 4. The molecule has 1 amide bonds. The molecule has 4 aromatic rings. The van der Waals surface area contributed by atoms with E-state index in [4.69, 9.17) is 15.2 Å². The fourth-order valence-electron chi connectivity index (χ4n) is 3.83. The number of nitrogens with zero attached hydrogens (tertiary/aromatic N) is 5. The Morgan fingerprint density at radius 3 is 2.31 bits per heavy atom. The Morgan fingerprint density at radius 2 is 1.57 bits per heavy atom. The number of rotatable bonds is 19. The minimum atomic E-state index is -0.181. The third kappa shape index (κ3) is 10.8. The molecule has 222 valence electrons. The van der Waals surface area contributed by atoms with E-state index >= 15 is 0 Å². The van der Waals surface area contributed by atoms with Crippen LogP contribution in [0.15, 0.2) is 73.3 Å². The highest BCUT2D eigenvalue weighted by Gasteiger charge is 2.09. The largest absolute Gasteiger partial charge is 0.378 e. The van der Waals surface area contributed by atoms with Crippen molar-refractivity contribution < 1.29 is 14.3 Å². The molecule has 2 heterocycles. The van der Waals surface area contributed by atoms with Gasteiger partial charge in [0.1, 0.15) is 0 Å². The van der Waals surface area contributed by atoms with E-state index in [1.54, 1.807) is 36.8 Å². The molecule has 2 aromatic heterocycles. The third-order valence-electron chi connectivity index (χ3n) is 5.93. The minimum Gasteiger partial charge on any atom is -0.378 e. The predicted octanol–water partition coefficient (Wildman–Crippen LogP) is 2.65. The summed E-state index contributed by atoms with van der Waals surface area (Å²) in [4.78, 5) is 30.2. The van der Waals surface area contributed by atoms with Crippen LogP contribution in [-0.2, 0) is 22.6 Å². The topological polar surface area (TPSA) is 166 Å². The van der Waals surface area contributed by atoms with Gasteiger partial charge in [-0.3, -0.25) is 4.79 Å². The van der Waals surface area contributed by atoms with Crippen LogP contribution in [0.2, 0.25) is 0 Å². The maximum atomic E-state index is 12.5. The molecule has 0 radical (unpaired) electrons. The van der Waals surface area contributed by atoms with Gasteiger partial charge >= 0.3 is 0 Å². The minimum absolute atomic E-state index is 0.181. The van der Waals surface area contributed by atoms with E-state index in [2.05, 4.69) is 41.2 Å². The fourth-order valence-corrected chi connectivity index (χ4v) is 3.83. The van der Waals surface area contributed by atoms with Crippen molar-refractivity contribution in [3.8, 4) is 0 Å². The van der Waals surface area contributed by atoms with E-state index in [1.165, 1.54) is 0 Å². The number of ether oxygens (including phenoxy) is 2. The van der Waals surface area contributed by atoms with Gasteiger partial charge in [0, 0.05) is 56.4 Å². The zero-order chi connectivity index (χ0) is 29.2. The van der Waals surface area contributed by atoms with Crippen molar-refractivity contribution >= 4 is 29.4 Å². The highest BCUT2D eigenvalue weighted by molar-refractivity contribution is 5.94. The van der Waals surface area contributed by atoms with E-state index in [1.807, 2.05) is 41.1 Å². The van der Waals surface area contributed by atoms with Crippen molar-refractivity contribution in [3.63, 3.8) is 0 Å². The molecule has 0 aliphatic carbocycles. The molecule has 0 bridgehead atoms. The second-order valence-corrected chi connectivity index (χ2v) is 9.20. The fraction of sp³-hybridized carbons (Fsp3) is 0.345. The summed E-state index contributed by atoms with van der Waals surface area (Å²) in [5, 5.41) is 12.6. The van der Waals surface area contributed by atoms with Gasteiger partial charge in [0.15, 0.2) is 0 Å². The van der Waals surface area contributed by atoms with Gasteiger partial charge in [-0.2, -0.15) is 15.0 Å². The van der Waals surface area contributed by atoms with Crippen LogP contribution < -0.4 is 27.0 Å². The van der Waals surface area contributed by atoms with E-state index in [0.717, 1.165) is 24.2 Å². The van der Waals surface area contributed by atoms with Crippen LogP contribution in [0.1, 0.15) is 22.3 Å². The standard InChI is InChI=1S/C29H38N10O3/c30-11-17-41-19-20-42-18-14-32-26(40)24-7-9-25(10-8-24)35-29-37-27(33-12-4-15-39-16-13-31-22-39)36-28(38-29)34-21-23-5-2-1-3-6-23/h1-3,5-10,13,16,22H,4,11-12,14-15,17-21,30H2,(H,32,40)(H3,33,34,35,36,37,38). The Labute approximate surface area is 245 Å². The Hall–Kier alpha value is -4.59. The molecule has 0 atom stereocenters. The molecule has 4 rings (SSSR count). The first kappa shape index (κ1) is 30.4. The van der Waals surface area contributed by atoms with Gasteiger partial charge in [0.2, 0.25) is 17.8 Å². The van der Waals surface area contributed by atoms with Gasteiger partial charge in [0.25, 0.3) is 5.91 Å². The van der Waals surface area contributed by atoms with Crippen molar-refractivity contribution in [1.82, 2.24) is 29.8 Å². The molecule has 0 aliphatic rings. The quantitative estimate of drug-likeness (QED) is 0.105. The number of benzene rings is 2. The normalized spacial score (nSPS) is 10.8. The second-order valence-electron chi connectivity index (χ2n) is 9.20. The van der Waals surface area contributed by atoms with Gasteiger partial charge in [-0.15, -0.1) is 0 Å². The second kappa shape index (κ2) is 17.3. The number of aryl methyl sites for hydroxylation is 1. The van der Waals surface area contributed by atoms with Gasteiger partial charge in [-0.1, -0.05) is 30.3 Å². The first-order valence-corrected chi connectivity index (χ1v) is 13.9. The Kier molecular flexibility index (Phi) is 12.5. The number of carbonyl (C=O) groups excluding carboxylic acids is 1. The van der Waals surface area contributed by atoms with Gasteiger partial charge in [0.05, 0.1) is 32.8 Å². The number of imidazole rings is 1. The summed E-state index contributed by atoms with van der Waals surface area (Å²) in [6, 6.07) is 17.1. The van der Waals surface area contributed by atoms with Crippen molar-refractivity contribution in [2.75, 3.05) is 62.0 Å². The zero-order valence-electron chi connectivity index (χ0n) is 23.5. The van der Waals surface area contributed by atoms with Crippen LogP contribution >= 0.6 is 0 Å². The summed E-state index contributed by atoms with van der Waals surface area (Å²) < 4.78 is 12.7. The van der Waals surface area contributed by atoms with Gasteiger partial charge < -0.3 is 41.0 Å². The lowest BCUT2D eigenvalue weighted by Crippen LogP contribution is -2.27.